The predicted molar refractivity (Wildman–Crippen MR) is 70.6 cm³/mol. The van der Waals surface area contributed by atoms with Crippen LogP contribution in [0.1, 0.15) is 32.8 Å². The maximum Gasteiger partial charge on any atom is 0.127 e. The summed E-state index contributed by atoms with van der Waals surface area (Å²) >= 11 is 3.41. The Morgan fingerprint density at radius 1 is 1.41 bits per heavy atom. The Bertz CT molecular complexity index is 421. The van der Waals surface area contributed by atoms with Crippen LogP contribution in [0, 0.1) is 11.7 Å². The Hall–Kier alpha value is -0.410. The minimum absolute atomic E-state index is 0.138. The molecule has 1 aliphatic heterocycles. The molecular formula is C14H18BrFO. The molecule has 0 saturated carbocycles. The van der Waals surface area contributed by atoms with Crippen molar-refractivity contribution in [3.05, 3.63) is 34.1 Å². The Morgan fingerprint density at radius 3 is 2.76 bits per heavy atom. The summed E-state index contributed by atoms with van der Waals surface area (Å²) in [6, 6.07) is 5.14. The smallest absolute Gasteiger partial charge is 0.127 e. The standard InChI is InChI=1S/C14H18BrFO/c1-9-6-10(2)17-8-14(9,3)12-7-11(15)4-5-13(12)16/h4-5,7,9-10H,6,8H2,1-3H3. The second-order valence-electron chi connectivity index (χ2n) is 5.30. The largest absolute Gasteiger partial charge is 0.378 e. The molecule has 2 rings (SSSR count). The Labute approximate surface area is 110 Å². The van der Waals surface area contributed by atoms with Crippen molar-refractivity contribution in [2.45, 2.75) is 38.7 Å². The Morgan fingerprint density at radius 2 is 2.12 bits per heavy atom. The van der Waals surface area contributed by atoms with E-state index in [-0.39, 0.29) is 17.3 Å². The van der Waals surface area contributed by atoms with Crippen LogP contribution >= 0.6 is 15.9 Å². The first kappa shape index (κ1) is 13.0. The maximum absolute atomic E-state index is 14.0. The van der Waals surface area contributed by atoms with Crippen molar-refractivity contribution in [1.29, 1.82) is 0 Å². The molecule has 1 saturated heterocycles. The number of hydrogen-bond donors (Lipinski definition) is 0. The van der Waals surface area contributed by atoms with Crippen LogP contribution in [0.15, 0.2) is 22.7 Å². The SMILES string of the molecule is CC1CC(C)C(C)(c2cc(Br)ccc2F)CO1. The average molecular weight is 301 g/mol. The summed E-state index contributed by atoms with van der Waals surface area (Å²) < 4.78 is 20.6. The van der Waals surface area contributed by atoms with E-state index in [9.17, 15) is 4.39 Å². The third-order valence-electron chi connectivity index (χ3n) is 3.98. The van der Waals surface area contributed by atoms with Gasteiger partial charge in [0.2, 0.25) is 0 Å². The highest BCUT2D eigenvalue weighted by molar-refractivity contribution is 9.10. The maximum atomic E-state index is 14.0. The van der Waals surface area contributed by atoms with Crippen molar-refractivity contribution in [3.63, 3.8) is 0 Å². The second kappa shape index (κ2) is 4.69. The summed E-state index contributed by atoms with van der Waals surface area (Å²) in [6.07, 6.45) is 1.25. The lowest BCUT2D eigenvalue weighted by Gasteiger charge is -2.42. The summed E-state index contributed by atoms with van der Waals surface area (Å²) in [5, 5.41) is 0. The lowest BCUT2D eigenvalue weighted by molar-refractivity contribution is -0.0449. The van der Waals surface area contributed by atoms with Crippen LogP contribution in [0.4, 0.5) is 4.39 Å². The zero-order valence-electron chi connectivity index (χ0n) is 10.5. The highest BCUT2D eigenvalue weighted by atomic mass is 79.9. The summed E-state index contributed by atoms with van der Waals surface area (Å²) in [5.74, 6) is 0.274. The van der Waals surface area contributed by atoms with Gasteiger partial charge in [0.05, 0.1) is 12.7 Å². The fourth-order valence-electron chi connectivity index (χ4n) is 2.56. The first-order valence-corrected chi connectivity index (χ1v) is 6.80. The molecule has 0 amide bonds. The van der Waals surface area contributed by atoms with Gasteiger partial charge in [-0.15, -0.1) is 0 Å². The fourth-order valence-corrected chi connectivity index (χ4v) is 2.92. The number of hydrogen-bond acceptors (Lipinski definition) is 1. The molecule has 1 aromatic rings. The van der Waals surface area contributed by atoms with E-state index in [1.54, 1.807) is 6.07 Å². The van der Waals surface area contributed by atoms with Crippen LogP contribution < -0.4 is 0 Å². The van der Waals surface area contributed by atoms with Gasteiger partial charge in [0.1, 0.15) is 5.82 Å². The van der Waals surface area contributed by atoms with Crippen LogP contribution in [0.25, 0.3) is 0 Å². The molecule has 0 bridgehead atoms. The van der Waals surface area contributed by atoms with E-state index >= 15 is 0 Å². The van der Waals surface area contributed by atoms with Crippen LogP contribution in [0.2, 0.25) is 0 Å². The number of rotatable bonds is 1. The molecule has 3 heteroatoms. The minimum Gasteiger partial charge on any atom is -0.378 e. The van der Waals surface area contributed by atoms with E-state index < -0.39 is 0 Å². The van der Waals surface area contributed by atoms with E-state index in [0.29, 0.717) is 12.5 Å². The molecule has 3 unspecified atom stereocenters. The average Bonchev–Trinajstić information content (AvgIpc) is 2.27. The molecule has 1 heterocycles. The van der Waals surface area contributed by atoms with E-state index in [4.69, 9.17) is 4.74 Å². The van der Waals surface area contributed by atoms with E-state index in [1.165, 1.54) is 6.07 Å². The van der Waals surface area contributed by atoms with Crippen molar-refractivity contribution in [2.24, 2.45) is 5.92 Å². The first-order chi connectivity index (χ1) is 7.93. The van der Waals surface area contributed by atoms with Crippen molar-refractivity contribution in [2.75, 3.05) is 6.61 Å². The van der Waals surface area contributed by atoms with Crippen molar-refractivity contribution in [1.82, 2.24) is 0 Å². The van der Waals surface area contributed by atoms with Crippen LogP contribution in [0.3, 0.4) is 0 Å². The molecule has 0 spiro atoms. The second-order valence-corrected chi connectivity index (χ2v) is 6.22. The van der Waals surface area contributed by atoms with Crippen LogP contribution in [0.5, 0.6) is 0 Å². The summed E-state index contributed by atoms with van der Waals surface area (Å²) in [6.45, 7) is 6.93. The zero-order chi connectivity index (χ0) is 12.6. The molecule has 3 atom stereocenters. The topological polar surface area (TPSA) is 9.23 Å². The molecule has 1 nitrogen and oxygen atoms in total. The highest BCUT2D eigenvalue weighted by Crippen LogP contribution is 2.41. The van der Waals surface area contributed by atoms with Gasteiger partial charge < -0.3 is 4.74 Å². The quantitative estimate of drug-likeness (QED) is 0.752. The molecule has 94 valence electrons. The van der Waals surface area contributed by atoms with Gasteiger partial charge in [-0.05, 0) is 43.0 Å². The first-order valence-electron chi connectivity index (χ1n) is 6.00. The van der Waals surface area contributed by atoms with Gasteiger partial charge in [0.25, 0.3) is 0 Å². The summed E-state index contributed by atoms with van der Waals surface area (Å²) in [7, 11) is 0. The van der Waals surface area contributed by atoms with Crippen molar-refractivity contribution >= 4 is 15.9 Å². The molecule has 0 aliphatic carbocycles. The molecule has 0 N–H and O–H groups in total. The molecule has 1 aromatic carbocycles. The summed E-state index contributed by atoms with van der Waals surface area (Å²) in [4.78, 5) is 0. The zero-order valence-corrected chi connectivity index (χ0v) is 12.1. The fraction of sp³-hybridized carbons (Fsp3) is 0.571. The van der Waals surface area contributed by atoms with Gasteiger partial charge in [-0.25, -0.2) is 4.39 Å². The van der Waals surface area contributed by atoms with E-state index in [2.05, 4.69) is 36.7 Å². The predicted octanol–water partition coefficient (Wildman–Crippen LogP) is 4.29. The van der Waals surface area contributed by atoms with Gasteiger partial charge in [0, 0.05) is 9.89 Å². The van der Waals surface area contributed by atoms with Crippen molar-refractivity contribution in [3.8, 4) is 0 Å². The van der Waals surface area contributed by atoms with Gasteiger partial charge in [-0.2, -0.15) is 0 Å². The van der Waals surface area contributed by atoms with Gasteiger partial charge in [-0.3, -0.25) is 0 Å². The van der Waals surface area contributed by atoms with Gasteiger partial charge in [0.15, 0.2) is 0 Å². The van der Waals surface area contributed by atoms with Crippen LogP contribution in [-0.2, 0) is 10.2 Å². The lowest BCUT2D eigenvalue weighted by atomic mass is 9.69. The molecule has 17 heavy (non-hydrogen) atoms. The Kier molecular flexibility index (Phi) is 3.60. The highest BCUT2D eigenvalue weighted by Gasteiger charge is 2.40. The van der Waals surface area contributed by atoms with Crippen molar-refractivity contribution < 1.29 is 9.13 Å². The molecule has 0 aromatic heterocycles. The molecule has 1 fully saturated rings. The number of halogens is 2. The third kappa shape index (κ3) is 2.41. The minimum atomic E-state index is -0.236. The van der Waals surface area contributed by atoms with E-state index in [1.807, 2.05) is 6.07 Å². The van der Waals surface area contributed by atoms with Gasteiger partial charge >= 0.3 is 0 Å². The molecule has 1 aliphatic rings. The van der Waals surface area contributed by atoms with E-state index in [0.717, 1.165) is 16.5 Å². The Balaban J connectivity index is 2.40. The molecular weight excluding hydrogens is 283 g/mol. The number of ether oxygens (including phenoxy) is 1. The lowest BCUT2D eigenvalue weighted by Crippen LogP contribution is -2.43. The van der Waals surface area contributed by atoms with Crippen LogP contribution in [-0.4, -0.2) is 12.7 Å². The normalized spacial score (nSPS) is 33.7. The third-order valence-corrected chi connectivity index (χ3v) is 4.48. The summed E-state index contributed by atoms with van der Waals surface area (Å²) in [5.41, 5.74) is 0.520. The van der Waals surface area contributed by atoms with Gasteiger partial charge in [-0.1, -0.05) is 29.8 Å². The monoisotopic (exact) mass is 300 g/mol. The molecule has 0 radical (unpaired) electrons. The number of benzene rings is 1.